The molecule has 0 aromatic carbocycles. The molecule has 220 valence electrons. The van der Waals surface area contributed by atoms with E-state index in [1.807, 2.05) is 0 Å². The number of likely N-dealkylation sites (tertiary alicyclic amines) is 1. The maximum atomic E-state index is 12.6. The molecule has 3 atom stereocenters. The van der Waals surface area contributed by atoms with E-state index in [0.717, 1.165) is 16.7 Å². The van der Waals surface area contributed by atoms with Gasteiger partial charge in [0.15, 0.2) is 11.6 Å². The number of carboxylic acid groups (broad SMARTS) is 1. The Morgan fingerprint density at radius 1 is 1.10 bits per heavy atom. The molecule has 15 heteroatoms. The average molecular weight is 577 g/mol. The van der Waals surface area contributed by atoms with Gasteiger partial charge in [-0.25, -0.2) is 4.79 Å². The number of amides is 3. The Morgan fingerprint density at radius 3 is 2.41 bits per heavy atom. The lowest BCUT2D eigenvalue weighted by Crippen LogP contribution is -2.41. The topological polar surface area (TPSA) is 214 Å². The van der Waals surface area contributed by atoms with E-state index in [1.54, 1.807) is 0 Å². The summed E-state index contributed by atoms with van der Waals surface area (Å²) in [5, 5.41) is 28.8. The third kappa shape index (κ3) is 13.7. The summed E-state index contributed by atoms with van der Waals surface area (Å²) >= 11 is 1.02. The van der Waals surface area contributed by atoms with Crippen LogP contribution in [0.2, 0.25) is 0 Å². The molecule has 1 fully saturated rings. The summed E-state index contributed by atoms with van der Waals surface area (Å²) in [6.07, 6.45) is -0.644. The molecule has 14 nitrogen and oxygen atoms in total. The Balaban J connectivity index is 2.37. The van der Waals surface area contributed by atoms with E-state index < -0.39 is 65.9 Å². The fourth-order valence-corrected chi connectivity index (χ4v) is 4.69. The summed E-state index contributed by atoms with van der Waals surface area (Å²) in [5.41, 5.74) is 0. The van der Waals surface area contributed by atoms with Gasteiger partial charge < -0.3 is 30.1 Å². The van der Waals surface area contributed by atoms with Crippen molar-refractivity contribution in [1.29, 1.82) is 0 Å². The molecule has 1 aliphatic heterocycles. The van der Waals surface area contributed by atoms with Crippen molar-refractivity contribution >= 4 is 53.0 Å². The molecule has 0 radical (unpaired) electrons. The number of carboxylic acids is 1. The minimum Gasteiger partial charge on any atom is -0.481 e. The van der Waals surface area contributed by atoms with Crippen LogP contribution in [0.3, 0.4) is 0 Å². The van der Waals surface area contributed by atoms with E-state index in [9.17, 15) is 38.7 Å². The number of aliphatic carboxylic acids is 1. The number of nitrogens with zero attached hydrogens (tertiary/aromatic N) is 1. The summed E-state index contributed by atoms with van der Waals surface area (Å²) < 4.78 is 9.52. The smallest absolute Gasteiger partial charge is 0.335 e. The van der Waals surface area contributed by atoms with Crippen molar-refractivity contribution < 1.29 is 58.4 Å². The Kier molecular flexibility index (Phi) is 16.1. The number of thioether (sulfide) groups is 1. The Hall–Kier alpha value is -2.88. The van der Waals surface area contributed by atoms with Crippen molar-refractivity contribution in [2.75, 3.05) is 45.3 Å². The van der Waals surface area contributed by atoms with Gasteiger partial charge in [-0.05, 0) is 26.2 Å². The first-order chi connectivity index (χ1) is 18.5. The quantitative estimate of drug-likeness (QED) is 0.0710. The molecule has 0 saturated carbocycles. The summed E-state index contributed by atoms with van der Waals surface area (Å²) in [5.74, 6) is -5.14. The number of ether oxygens (including phenoxy) is 2. The van der Waals surface area contributed by atoms with Gasteiger partial charge >= 0.3 is 11.9 Å². The van der Waals surface area contributed by atoms with Crippen molar-refractivity contribution in [2.24, 2.45) is 5.92 Å². The molecule has 0 spiro atoms. The number of nitrogens with one attached hydrogen (secondary N) is 1. The van der Waals surface area contributed by atoms with Gasteiger partial charge in [-0.15, -0.1) is 11.8 Å². The third-order valence-corrected chi connectivity index (χ3v) is 6.90. The van der Waals surface area contributed by atoms with Crippen LogP contribution in [0, 0.1) is 5.92 Å². The number of ketones is 2. The van der Waals surface area contributed by atoms with E-state index in [0.29, 0.717) is 6.42 Å². The first kappa shape index (κ1) is 34.1. The molecule has 4 N–H and O–H groups in total. The second-order valence-electron chi connectivity index (χ2n) is 8.86. The van der Waals surface area contributed by atoms with Crippen LogP contribution in [-0.4, -0.2) is 118 Å². The number of carbonyl (C=O) groups is 7. The van der Waals surface area contributed by atoms with Crippen LogP contribution >= 0.6 is 11.8 Å². The largest absolute Gasteiger partial charge is 0.481 e. The van der Waals surface area contributed by atoms with E-state index in [-0.39, 0.29) is 70.0 Å². The lowest BCUT2D eigenvalue weighted by atomic mass is 10.0. The van der Waals surface area contributed by atoms with Gasteiger partial charge in [-0.3, -0.25) is 33.7 Å². The van der Waals surface area contributed by atoms with Gasteiger partial charge in [0, 0.05) is 31.6 Å². The number of hydrogen-bond donors (Lipinski definition) is 4. The van der Waals surface area contributed by atoms with Crippen molar-refractivity contribution in [3.8, 4) is 0 Å². The van der Waals surface area contributed by atoms with Gasteiger partial charge in [0.05, 0.1) is 24.4 Å². The lowest BCUT2D eigenvalue weighted by Gasteiger charge is -2.16. The molecule has 1 aliphatic rings. The molecule has 0 aromatic heterocycles. The Labute approximate surface area is 229 Å². The molecule has 1 rings (SSSR count). The van der Waals surface area contributed by atoms with Crippen LogP contribution in [0.15, 0.2) is 0 Å². The molecule has 3 amide bonds. The number of imide groups is 1. The zero-order chi connectivity index (χ0) is 29.4. The number of aliphatic hydroxyl groups is 2. The minimum absolute atomic E-state index is 0.00402. The maximum absolute atomic E-state index is 12.6. The fourth-order valence-electron chi connectivity index (χ4n) is 3.39. The molecule has 3 unspecified atom stereocenters. The van der Waals surface area contributed by atoms with Crippen molar-refractivity contribution in [1.82, 2.24) is 10.2 Å². The highest BCUT2D eigenvalue weighted by molar-refractivity contribution is 8.00. The Bertz CT molecular complexity index is 894. The summed E-state index contributed by atoms with van der Waals surface area (Å²) in [4.78, 5) is 84.0. The number of esters is 1. The van der Waals surface area contributed by atoms with Gasteiger partial charge in [-0.2, -0.15) is 0 Å². The summed E-state index contributed by atoms with van der Waals surface area (Å²) in [6.45, 7) is -0.0215. The first-order valence-corrected chi connectivity index (χ1v) is 13.5. The zero-order valence-electron chi connectivity index (χ0n) is 21.8. The molecule has 0 aromatic rings. The second-order valence-corrected chi connectivity index (χ2v) is 10.1. The second kappa shape index (κ2) is 18.4. The van der Waals surface area contributed by atoms with E-state index in [1.165, 1.54) is 6.92 Å². The summed E-state index contributed by atoms with van der Waals surface area (Å²) in [6, 6.07) is 0. The number of rotatable bonds is 21. The standard InChI is InChI=1S/C24H36N2O12S/c1-15(28)24(36)38-13-18(30)6-3-7-25-20(31)11-26-21(32)10-19(22(26)33)39-14-16(23(34)35)4-2-5-17(29)12-37-9-8-27/h15-16,19,27-28H,2-14H2,1H3,(H,25,31)(H,34,35). The number of aliphatic hydroxyl groups excluding tert-OH is 2. The minimum atomic E-state index is -1.34. The molecular weight excluding hydrogens is 540 g/mol. The van der Waals surface area contributed by atoms with Crippen LogP contribution in [-0.2, 0) is 43.0 Å². The van der Waals surface area contributed by atoms with Crippen molar-refractivity contribution in [2.45, 2.75) is 56.8 Å². The number of Topliss-reactive ketones (excluding diaryl/α,β-unsaturated/α-hetero) is 2. The van der Waals surface area contributed by atoms with Crippen LogP contribution in [0.4, 0.5) is 0 Å². The SMILES string of the molecule is CC(O)C(=O)OCC(=O)CCCNC(=O)CN1C(=O)CC(SCC(CCCC(=O)COCCO)C(=O)O)C1=O. The van der Waals surface area contributed by atoms with Gasteiger partial charge in [0.1, 0.15) is 25.9 Å². The fraction of sp³-hybridized carbons (Fsp3) is 0.708. The van der Waals surface area contributed by atoms with Crippen molar-refractivity contribution in [3.05, 3.63) is 0 Å². The average Bonchev–Trinajstić information content (AvgIpc) is 3.14. The molecule has 0 aliphatic carbocycles. The lowest BCUT2D eigenvalue weighted by molar-refractivity contribution is -0.155. The summed E-state index contributed by atoms with van der Waals surface area (Å²) in [7, 11) is 0. The number of hydrogen-bond acceptors (Lipinski definition) is 12. The predicted octanol–water partition coefficient (Wildman–Crippen LogP) is -1.31. The van der Waals surface area contributed by atoms with Crippen LogP contribution < -0.4 is 5.32 Å². The maximum Gasteiger partial charge on any atom is 0.335 e. The highest BCUT2D eigenvalue weighted by Crippen LogP contribution is 2.28. The highest BCUT2D eigenvalue weighted by atomic mass is 32.2. The van der Waals surface area contributed by atoms with E-state index >= 15 is 0 Å². The Morgan fingerprint density at radius 2 is 1.77 bits per heavy atom. The third-order valence-electron chi connectivity index (χ3n) is 5.53. The van der Waals surface area contributed by atoms with Crippen LogP contribution in [0.25, 0.3) is 0 Å². The normalized spacial score (nSPS) is 16.6. The van der Waals surface area contributed by atoms with Crippen LogP contribution in [0.5, 0.6) is 0 Å². The van der Waals surface area contributed by atoms with E-state index in [2.05, 4.69) is 10.1 Å². The molecule has 0 bridgehead atoms. The monoisotopic (exact) mass is 576 g/mol. The molecule has 1 saturated heterocycles. The molecule has 1 heterocycles. The molecule has 39 heavy (non-hydrogen) atoms. The highest BCUT2D eigenvalue weighted by Gasteiger charge is 2.40. The number of carbonyl (C=O) groups excluding carboxylic acids is 6. The first-order valence-electron chi connectivity index (χ1n) is 12.5. The zero-order valence-corrected chi connectivity index (χ0v) is 22.6. The van der Waals surface area contributed by atoms with Crippen molar-refractivity contribution in [3.63, 3.8) is 0 Å². The van der Waals surface area contributed by atoms with Gasteiger partial charge in [-0.1, -0.05) is 0 Å². The van der Waals surface area contributed by atoms with E-state index in [4.69, 9.17) is 14.9 Å². The predicted molar refractivity (Wildman–Crippen MR) is 135 cm³/mol. The van der Waals surface area contributed by atoms with Crippen LogP contribution in [0.1, 0.15) is 45.4 Å². The van der Waals surface area contributed by atoms with Gasteiger partial charge in [0.2, 0.25) is 17.7 Å². The molecular formula is C24H36N2O12S. The van der Waals surface area contributed by atoms with Gasteiger partial charge in [0.25, 0.3) is 0 Å².